The molecule has 0 amide bonds. The molecule has 1 saturated carbocycles. The van der Waals surface area contributed by atoms with Crippen molar-refractivity contribution in [2.75, 3.05) is 17.2 Å². The molecule has 2 aromatic heterocycles. The van der Waals surface area contributed by atoms with Crippen LogP contribution >= 0.6 is 0 Å². The fourth-order valence-electron chi connectivity index (χ4n) is 5.01. The topological polar surface area (TPSA) is 125 Å². The van der Waals surface area contributed by atoms with Crippen LogP contribution in [-0.2, 0) is 0 Å². The van der Waals surface area contributed by atoms with E-state index >= 15 is 0 Å². The second-order valence-corrected chi connectivity index (χ2v) is 11.6. The van der Waals surface area contributed by atoms with Crippen molar-refractivity contribution in [2.24, 2.45) is 5.41 Å². The van der Waals surface area contributed by atoms with Gasteiger partial charge in [-0.05, 0) is 48.1 Å². The number of anilines is 2. The van der Waals surface area contributed by atoms with Crippen LogP contribution in [0.2, 0.25) is 0 Å². The van der Waals surface area contributed by atoms with E-state index in [1.165, 1.54) is 0 Å². The summed E-state index contributed by atoms with van der Waals surface area (Å²) in [6, 6.07) is 18.7. The lowest BCUT2D eigenvalue weighted by Gasteiger charge is -2.24. The maximum Gasteiger partial charge on any atom is 0.103 e. The first-order valence-electron chi connectivity index (χ1n) is 13.5. The number of hydrazine groups is 2. The van der Waals surface area contributed by atoms with E-state index in [-0.39, 0.29) is 11.5 Å². The Kier molecular flexibility index (Phi) is 6.37. The van der Waals surface area contributed by atoms with E-state index in [1.54, 1.807) is 12.4 Å². The summed E-state index contributed by atoms with van der Waals surface area (Å²) in [5, 5.41) is 31.0. The number of hydrogen-bond donors (Lipinski definition) is 4. The largest absolute Gasteiger partial charge is 0.383 e. The number of hydrogen-bond acceptors (Lipinski definition) is 9. The smallest absolute Gasteiger partial charge is 0.103 e. The summed E-state index contributed by atoms with van der Waals surface area (Å²) < 4.78 is 0. The molecule has 200 valence electrons. The zero-order valence-electron chi connectivity index (χ0n) is 22.8. The Morgan fingerprint density at radius 1 is 1.05 bits per heavy atom. The number of nitrogens with zero attached hydrogens (tertiary/aromatic N) is 5. The van der Waals surface area contributed by atoms with E-state index in [0.717, 1.165) is 46.1 Å². The molecule has 6 rings (SSSR count). The number of fused-ring (bicyclic) bond motifs is 2. The number of nitrogens with one attached hydrogen (secondary N) is 4. The highest BCUT2D eigenvalue weighted by atomic mass is 15.7. The van der Waals surface area contributed by atoms with Gasteiger partial charge in [-0.3, -0.25) is 15.0 Å². The van der Waals surface area contributed by atoms with Gasteiger partial charge in [0, 0.05) is 47.6 Å². The van der Waals surface area contributed by atoms with Crippen LogP contribution in [0.1, 0.15) is 56.3 Å². The van der Waals surface area contributed by atoms with Gasteiger partial charge in [0.15, 0.2) is 0 Å². The maximum absolute atomic E-state index is 10.1. The summed E-state index contributed by atoms with van der Waals surface area (Å²) in [7, 11) is 0. The average Bonchev–Trinajstić information content (AvgIpc) is 3.69. The van der Waals surface area contributed by atoms with E-state index in [2.05, 4.69) is 87.8 Å². The summed E-state index contributed by atoms with van der Waals surface area (Å²) in [6.07, 6.45) is 7.76. The molecule has 2 aromatic carbocycles. The van der Waals surface area contributed by atoms with Crippen molar-refractivity contribution in [1.29, 1.82) is 10.5 Å². The van der Waals surface area contributed by atoms with Gasteiger partial charge < -0.3 is 16.1 Å². The molecule has 9 heteroatoms. The summed E-state index contributed by atoms with van der Waals surface area (Å²) in [6.45, 7) is 7.06. The molecule has 2 aliphatic rings. The molecular formula is C31H31N9. The van der Waals surface area contributed by atoms with Crippen molar-refractivity contribution >= 4 is 33.2 Å². The van der Waals surface area contributed by atoms with Gasteiger partial charge in [0.05, 0.1) is 39.6 Å². The Balaban J connectivity index is 1.48. The van der Waals surface area contributed by atoms with Crippen LogP contribution in [0.4, 0.5) is 11.4 Å². The van der Waals surface area contributed by atoms with Crippen LogP contribution in [0.25, 0.3) is 21.8 Å². The molecule has 40 heavy (non-hydrogen) atoms. The minimum atomic E-state index is -0.272. The summed E-state index contributed by atoms with van der Waals surface area (Å²) >= 11 is 0. The Bertz CT molecular complexity index is 1710. The highest BCUT2D eigenvalue weighted by Gasteiger charge is 2.32. The minimum Gasteiger partial charge on any atom is -0.383 e. The first-order valence-corrected chi connectivity index (χ1v) is 13.5. The molecule has 1 atom stereocenters. The average molecular weight is 530 g/mol. The van der Waals surface area contributed by atoms with Gasteiger partial charge in [-0.1, -0.05) is 39.0 Å². The third-order valence-electron chi connectivity index (χ3n) is 7.17. The molecule has 4 aromatic rings. The van der Waals surface area contributed by atoms with E-state index in [9.17, 15) is 10.5 Å². The zero-order valence-corrected chi connectivity index (χ0v) is 22.8. The summed E-state index contributed by atoms with van der Waals surface area (Å²) in [5.74, 6) is 0. The van der Waals surface area contributed by atoms with Gasteiger partial charge in [-0.25, -0.2) is 0 Å². The Hall–Kier alpha value is -4.86. The number of aromatic nitrogens is 2. The Morgan fingerprint density at radius 3 is 2.62 bits per heavy atom. The Morgan fingerprint density at radius 2 is 1.88 bits per heavy atom. The Labute approximate surface area is 233 Å². The summed E-state index contributed by atoms with van der Waals surface area (Å²) in [4.78, 5) is 9.07. The van der Waals surface area contributed by atoms with Gasteiger partial charge in [0.1, 0.15) is 12.1 Å². The molecule has 0 radical (unpaired) electrons. The van der Waals surface area contributed by atoms with Crippen molar-refractivity contribution in [3.05, 3.63) is 83.4 Å². The van der Waals surface area contributed by atoms with E-state index in [1.807, 2.05) is 30.3 Å². The molecule has 1 aliphatic heterocycles. The fraction of sp³-hybridized carbons (Fsp3) is 0.290. The van der Waals surface area contributed by atoms with Gasteiger partial charge in [0.2, 0.25) is 0 Å². The van der Waals surface area contributed by atoms with Crippen LogP contribution in [0.5, 0.6) is 0 Å². The highest BCUT2D eigenvalue weighted by Crippen LogP contribution is 2.37. The van der Waals surface area contributed by atoms with Gasteiger partial charge in [-0.2, -0.15) is 10.5 Å². The lowest BCUT2D eigenvalue weighted by molar-refractivity contribution is 0.260. The summed E-state index contributed by atoms with van der Waals surface area (Å²) in [5.41, 5.74) is 12.4. The van der Waals surface area contributed by atoms with Crippen molar-refractivity contribution in [3.8, 4) is 12.1 Å². The van der Waals surface area contributed by atoms with Crippen LogP contribution in [0.15, 0.2) is 66.8 Å². The fourth-order valence-corrected chi connectivity index (χ4v) is 5.01. The minimum absolute atomic E-state index is 0.00914. The number of rotatable bonds is 7. The molecule has 1 fully saturated rings. The van der Waals surface area contributed by atoms with Crippen LogP contribution < -0.4 is 21.6 Å². The first-order chi connectivity index (χ1) is 19.3. The predicted octanol–water partition coefficient (Wildman–Crippen LogP) is 5.47. The lowest BCUT2D eigenvalue weighted by atomic mass is 9.96. The van der Waals surface area contributed by atoms with Gasteiger partial charge in [-0.15, -0.1) is 5.53 Å². The van der Waals surface area contributed by atoms with Crippen molar-refractivity contribution < 1.29 is 0 Å². The lowest BCUT2D eigenvalue weighted by Crippen LogP contribution is -2.38. The molecule has 9 nitrogen and oxygen atoms in total. The van der Waals surface area contributed by atoms with Crippen LogP contribution in [-0.4, -0.2) is 27.6 Å². The number of nitriles is 2. The molecule has 3 heterocycles. The predicted molar refractivity (Wildman–Crippen MR) is 156 cm³/mol. The van der Waals surface area contributed by atoms with E-state index < -0.39 is 0 Å². The molecular weight excluding hydrogens is 498 g/mol. The third kappa shape index (κ3) is 4.95. The number of pyridine rings is 2. The van der Waals surface area contributed by atoms with E-state index in [4.69, 9.17) is 0 Å². The quantitative estimate of drug-likeness (QED) is 0.247. The van der Waals surface area contributed by atoms with Crippen molar-refractivity contribution in [3.63, 3.8) is 0 Å². The standard InChI is InChI=1S/C31H31N9/c1-31(2,3)18-36-29-20(15-33)16-35-28-19(14-32)12-21(13-25(28)29)37-30(27-17-40(39-38-27)22-9-10-22)24-6-4-8-26-23(24)7-5-11-34-26/h4-8,11-13,16-17,22,30,37-39H,9-10,18H2,1-3H3,(H,35,36)/t30-/m0/s1. The zero-order chi connectivity index (χ0) is 27.9. The number of benzene rings is 2. The third-order valence-corrected chi connectivity index (χ3v) is 7.17. The monoisotopic (exact) mass is 529 g/mol. The highest BCUT2D eigenvalue weighted by molar-refractivity contribution is 5.99. The maximum atomic E-state index is 10.1. The SMILES string of the molecule is CC(C)(C)CNc1c(C#N)cnc2c(C#N)cc(N[C@H](C3=CN(C4CC4)NN3)c3cccc4ncccc34)cc12. The van der Waals surface area contributed by atoms with Crippen molar-refractivity contribution in [1.82, 2.24) is 25.9 Å². The molecule has 0 unspecified atom stereocenters. The first kappa shape index (κ1) is 25.4. The van der Waals surface area contributed by atoms with Crippen molar-refractivity contribution in [2.45, 2.75) is 45.7 Å². The molecule has 0 spiro atoms. The second kappa shape index (κ2) is 10.0. The molecule has 0 saturated heterocycles. The van der Waals surface area contributed by atoms with E-state index in [0.29, 0.717) is 34.9 Å². The van der Waals surface area contributed by atoms with Crippen LogP contribution in [0.3, 0.4) is 0 Å². The normalized spacial score (nSPS) is 15.7. The second-order valence-electron chi connectivity index (χ2n) is 11.6. The van der Waals surface area contributed by atoms with Gasteiger partial charge >= 0.3 is 0 Å². The molecule has 4 N–H and O–H groups in total. The molecule has 0 bridgehead atoms. The molecule has 1 aliphatic carbocycles. The van der Waals surface area contributed by atoms with Crippen LogP contribution in [0, 0.1) is 28.1 Å². The van der Waals surface area contributed by atoms with Gasteiger partial charge in [0.25, 0.3) is 0 Å².